The third kappa shape index (κ3) is 3.92. The molecular weight excluding hydrogens is 353 g/mol. The van der Waals surface area contributed by atoms with Crippen molar-refractivity contribution in [2.24, 2.45) is 0 Å². The van der Waals surface area contributed by atoms with Gasteiger partial charge in [-0.1, -0.05) is 0 Å². The molecule has 1 aromatic heterocycles. The lowest BCUT2D eigenvalue weighted by atomic mass is 10.2. The van der Waals surface area contributed by atoms with E-state index in [1.54, 1.807) is 18.3 Å². The van der Waals surface area contributed by atoms with Gasteiger partial charge in [0.1, 0.15) is 5.82 Å². The number of hydrogen-bond acceptors (Lipinski definition) is 3. The molecule has 0 aliphatic heterocycles. The Kier molecular flexibility index (Phi) is 4.73. The van der Waals surface area contributed by atoms with Crippen LogP contribution in [0.1, 0.15) is 17.3 Å². The molecule has 5 heteroatoms. The molecule has 0 saturated heterocycles. The number of pyridine rings is 1. The molecule has 1 heterocycles. The van der Waals surface area contributed by atoms with Crippen molar-refractivity contribution in [3.8, 4) is 0 Å². The quantitative estimate of drug-likeness (QED) is 0.815. The number of carbonyl (C=O) groups is 1. The highest BCUT2D eigenvalue weighted by molar-refractivity contribution is 14.1. The number of amides is 1. The summed E-state index contributed by atoms with van der Waals surface area (Å²) in [5.41, 5.74) is 1.32. The number of nitrogens with zero attached hydrogens (tertiary/aromatic N) is 1. The van der Waals surface area contributed by atoms with E-state index in [-0.39, 0.29) is 5.91 Å². The first kappa shape index (κ1) is 13.8. The van der Waals surface area contributed by atoms with Crippen LogP contribution < -0.4 is 10.6 Å². The average Bonchev–Trinajstić information content (AvgIpc) is 2.42. The van der Waals surface area contributed by atoms with Crippen LogP contribution in [0.2, 0.25) is 0 Å². The predicted molar refractivity (Wildman–Crippen MR) is 85.5 cm³/mol. The van der Waals surface area contributed by atoms with Gasteiger partial charge in [-0.3, -0.25) is 4.79 Å². The molecular formula is C14H14IN3O. The monoisotopic (exact) mass is 367 g/mol. The summed E-state index contributed by atoms with van der Waals surface area (Å²) in [6, 6.07) is 11.2. The highest BCUT2D eigenvalue weighted by atomic mass is 127. The Morgan fingerprint density at radius 3 is 2.53 bits per heavy atom. The first-order chi connectivity index (χ1) is 9.19. The minimum atomic E-state index is -0.156. The van der Waals surface area contributed by atoms with Gasteiger partial charge in [-0.2, -0.15) is 0 Å². The van der Waals surface area contributed by atoms with Crippen molar-refractivity contribution in [1.29, 1.82) is 0 Å². The zero-order chi connectivity index (χ0) is 13.7. The van der Waals surface area contributed by atoms with Crippen molar-refractivity contribution in [2.45, 2.75) is 6.92 Å². The molecule has 0 radical (unpaired) electrons. The number of anilines is 2. The molecule has 4 nitrogen and oxygen atoms in total. The summed E-state index contributed by atoms with van der Waals surface area (Å²) in [6.07, 6.45) is 1.57. The smallest absolute Gasteiger partial charge is 0.257 e. The summed E-state index contributed by atoms with van der Waals surface area (Å²) in [5, 5.41) is 5.92. The fourth-order valence-electron chi connectivity index (χ4n) is 1.55. The lowest BCUT2D eigenvalue weighted by Gasteiger charge is -2.06. The summed E-state index contributed by atoms with van der Waals surface area (Å²) in [6.45, 7) is 2.81. The van der Waals surface area contributed by atoms with E-state index < -0.39 is 0 Å². The number of hydrogen-bond donors (Lipinski definition) is 2. The molecule has 98 valence electrons. The standard InChI is InChI=1S/C14H14IN3O/c1-2-16-13-8-3-10(9-17-13)14(19)18-12-6-4-11(15)5-7-12/h3-9H,2H2,1H3,(H,16,17)(H,18,19). The molecule has 0 aliphatic rings. The topological polar surface area (TPSA) is 54.0 Å². The van der Waals surface area contributed by atoms with Crippen LogP contribution in [0, 0.1) is 3.57 Å². The van der Waals surface area contributed by atoms with Crippen LogP contribution in [0.15, 0.2) is 42.6 Å². The highest BCUT2D eigenvalue weighted by Gasteiger charge is 2.06. The van der Waals surface area contributed by atoms with E-state index >= 15 is 0 Å². The van der Waals surface area contributed by atoms with Crippen LogP contribution in [0.3, 0.4) is 0 Å². The van der Waals surface area contributed by atoms with E-state index in [0.717, 1.165) is 21.6 Å². The Morgan fingerprint density at radius 1 is 1.21 bits per heavy atom. The molecule has 0 saturated carbocycles. The van der Waals surface area contributed by atoms with Crippen LogP contribution >= 0.6 is 22.6 Å². The zero-order valence-electron chi connectivity index (χ0n) is 10.5. The minimum Gasteiger partial charge on any atom is -0.370 e. The second-order valence-corrected chi connectivity index (χ2v) is 5.17. The van der Waals surface area contributed by atoms with E-state index in [1.807, 2.05) is 31.2 Å². The molecule has 1 amide bonds. The van der Waals surface area contributed by atoms with E-state index in [9.17, 15) is 4.79 Å². The lowest BCUT2D eigenvalue weighted by molar-refractivity contribution is 0.102. The van der Waals surface area contributed by atoms with Gasteiger partial charge in [0.05, 0.1) is 5.56 Å². The molecule has 0 unspecified atom stereocenters. The average molecular weight is 367 g/mol. The van der Waals surface area contributed by atoms with Crippen LogP contribution in [0.4, 0.5) is 11.5 Å². The Balaban J connectivity index is 2.05. The molecule has 2 N–H and O–H groups in total. The van der Waals surface area contributed by atoms with Crippen LogP contribution in [-0.4, -0.2) is 17.4 Å². The SMILES string of the molecule is CCNc1ccc(C(=O)Nc2ccc(I)cc2)cn1. The second kappa shape index (κ2) is 6.51. The van der Waals surface area contributed by atoms with Gasteiger partial charge in [-0.05, 0) is 65.9 Å². The third-order valence-electron chi connectivity index (χ3n) is 2.49. The summed E-state index contributed by atoms with van der Waals surface area (Å²) in [7, 11) is 0. The van der Waals surface area contributed by atoms with Gasteiger partial charge >= 0.3 is 0 Å². The Hall–Kier alpha value is -1.63. The Bertz CT molecular complexity index is 552. The summed E-state index contributed by atoms with van der Waals surface area (Å²) >= 11 is 2.22. The fourth-order valence-corrected chi connectivity index (χ4v) is 1.91. The largest absolute Gasteiger partial charge is 0.370 e. The van der Waals surface area contributed by atoms with Gasteiger partial charge in [0, 0.05) is 22.0 Å². The van der Waals surface area contributed by atoms with Crippen LogP contribution in [-0.2, 0) is 0 Å². The van der Waals surface area contributed by atoms with Gasteiger partial charge in [0.25, 0.3) is 5.91 Å². The number of halogens is 1. The number of aromatic nitrogens is 1. The maximum atomic E-state index is 12.0. The van der Waals surface area contributed by atoms with Crippen LogP contribution in [0.5, 0.6) is 0 Å². The van der Waals surface area contributed by atoms with Crippen molar-refractivity contribution < 1.29 is 4.79 Å². The van der Waals surface area contributed by atoms with Gasteiger partial charge in [-0.25, -0.2) is 4.98 Å². The Morgan fingerprint density at radius 2 is 1.95 bits per heavy atom. The van der Waals surface area contributed by atoms with Crippen molar-refractivity contribution in [2.75, 3.05) is 17.2 Å². The minimum absolute atomic E-state index is 0.156. The highest BCUT2D eigenvalue weighted by Crippen LogP contribution is 2.13. The van der Waals surface area contributed by atoms with Crippen molar-refractivity contribution in [3.63, 3.8) is 0 Å². The van der Waals surface area contributed by atoms with E-state index in [2.05, 4.69) is 38.2 Å². The van der Waals surface area contributed by atoms with E-state index in [4.69, 9.17) is 0 Å². The molecule has 19 heavy (non-hydrogen) atoms. The first-order valence-corrected chi connectivity index (χ1v) is 7.04. The number of nitrogens with one attached hydrogen (secondary N) is 2. The van der Waals surface area contributed by atoms with E-state index in [0.29, 0.717) is 5.56 Å². The second-order valence-electron chi connectivity index (χ2n) is 3.92. The third-order valence-corrected chi connectivity index (χ3v) is 3.20. The fraction of sp³-hybridized carbons (Fsp3) is 0.143. The maximum Gasteiger partial charge on any atom is 0.257 e. The first-order valence-electron chi connectivity index (χ1n) is 5.96. The normalized spacial score (nSPS) is 10.0. The number of benzene rings is 1. The van der Waals surface area contributed by atoms with Crippen molar-refractivity contribution in [3.05, 3.63) is 51.7 Å². The molecule has 0 aliphatic carbocycles. The molecule has 2 rings (SSSR count). The predicted octanol–water partition coefficient (Wildman–Crippen LogP) is 3.37. The maximum absolute atomic E-state index is 12.0. The van der Waals surface area contributed by atoms with Gasteiger partial charge < -0.3 is 10.6 Å². The molecule has 0 bridgehead atoms. The Labute approximate surface area is 125 Å². The molecule has 0 spiro atoms. The summed E-state index contributed by atoms with van der Waals surface area (Å²) in [5.74, 6) is 0.616. The molecule has 2 aromatic rings. The van der Waals surface area contributed by atoms with Gasteiger partial charge in [0.15, 0.2) is 0 Å². The van der Waals surface area contributed by atoms with Crippen molar-refractivity contribution in [1.82, 2.24) is 4.98 Å². The molecule has 0 fully saturated rings. The van der Waals surface area contributed by atoms with Gasteiger partial charge in [0.2, 0.25) is 0 Å². The van der Waals surface area contributed by atoms with E-state index in [1.165, 1.54) is 0 Å². The summed E-state index contributed by atoms with van der Waals surface area (Å²) in [4.78, 5) is 16.2. The van der Waals surface area contributed by atoms with Crippen LogP contribution in [0.25, 0.3) is 0 Å². The summed E-state index contributed by atoms with van der Waals surface area (Å²) < 4.78 is 1.13. The van der Waals surface area contributed by atoms with Gasteiger partial charge in [-0.15, -0.1) is 0 Å². The molecule has 0 atom stereocenters. The number of rotatable bonds is 4. The zero-order valence-corrected chi connectivity index (χ0v) is 12.6. The van der Waals surface area contributed by atoms with Crippen molar-refractivity contribution >= 4 is 40.0 Å². The lowest BCUT2D eigenvalue weighted by Crippen LogP contribution is -2.12. The molecule has 1 aromatic carbocycles. The number of carbonyl (C=O) groups excluding carboxylic acids is 1.